The van der Waals surface area contributed by atoms with Gasteiger partial charge in [0.15, 0.2) is 0 Å². The third-order valence-corrected chi connectivity index (χ3v) is 4.68. The van der Waals surface area contributed by atoms with E-state index in [1.165, 1.54) is 37.0 Å². The van der Waals surface area contributed by atoms with Crippen LogP contribution >= 0.6 is 11.3 Å². The lowest BCUT2D eigenvalue weighted by Gasteiger charge is -2.35. The predicted octanol–water partition coefficient (Wildman–Crippen LogP) is 2.78. The highest BCUT2D eigenvalue weighted by atomic mass is 32.1. The van der Waals surface area contributed by atoms with Gasteiger partial charge in [-0.2, -0.15) is 5.26 Å². The Morgan fingerprint density at radius 3 is 2.60 bits per heavy atom. The zero-order valence-corrected chi connectivity index (χ0v) is 9.65. The molecule has 0 bridgehead atoms. The molecule has 0 aliphatic heterocycles. The fraction of sp³-hybridized carbons (Fsp3) is 0.583. The highest BCUT2D eigenvalue weighted by Gasteiger charge is 2.33. The second kappa shape index (κ2) is 4.34. The minimum Gasteiger partial charge on any atom is -0.330 e. The van der Waals surface area contributed by atoms with Crippen LogP contribution < -0.4 is 5.73 Å². The van der Waals surface area contributed by atoms with Gasteiger partial charge in [-0.05, 0) is 25.0 Å². The molecule has 1 aromatic heterocycles. The van der Waals surface area contributed by atoms with E-state index in [9.17, 15) is 0 Å². The van der Waals surface area contributed by atoms with E-state index in [0.717, 1.165) is 11.4 Å². The van der Waals surface area contributed by atoms with Crippen molar-refractivity contribution in [1.82, 2.24) is 0 Å². The van der Waals surface area contributed by atoms with Crippen molar-refractivity contribution in [2.75, 3.05) is 6.54 Å². The topological polar surface area (TPSA) is 49.8 Å². The third kappa shape index (κ3) is 1.92. The van der Waals surface area contributed by atoms with Gasteiger partial charge in [0, 0.05) is 16.8 Å². The highest BCUT2D eigenvalue weighted by Crippen LogP contribution is 2.41. The summed E-state index contributed by atoms with van der Waals surface area (Å²) in [6, 6.07) is 6.23. The average molecular weight is 220 g/mol. The summed E-state index contributed by atoms with van der Waals surface area (Å²) in [7, 11) is 0. The van der Waals surface area contributed by atoms with E-state index in [4.69, 9.17) is 11.0 Å². The molecule has 3 heteroatoms. The molecular weight excluding hydrogens is 204 g/mol. The Bertz CT molecular complexity index is 369. The van der Waals surface area contributed by atoms with Crippen molar-refractivity contribution in [1.29, 1.82) is 5.26 Å². The fourth-order valence-electron chi connectivity index (χ4n) is 2.46. The van der Waals surface area contributed by atoms with Gasteiger partial charge in [0.2, 0.25) is 0 Å². The monoisotopic (exact) mass is 220 g/mol. The molecule has 1 aromatic rings. The van der Waals surface area contributed by atoms with Gasteiger partial charge in [0.05, 0.1) is 0 Å². The van der Waals surface area contributed by atoms with Crippen molar-refractivity contribution < 1.29 is 0 Å². The van der Waals surface area contributed by atoms with E-state index in [-0.39, 0.29) is 5.41 Å². The molecule has 1 aliphatic rings. The fourth-order valence-corrected chi connectivity index (χ4v) is 3.52. The highest BCUT2D eigenvalue weighted by molar-refractivity contribution is 7.12. The van der Waals surface area contributed by atoms with E-state index in [1.807, 2.05) is 6.07 Å². The average Bonchev–Trinajstić information content (AvgIpc) is 2.79. The van der Waals surface area contributed by atoms with E-state index >= 15 is 0 Å². The molecule has 1 aliphatic carbocycles. The lowest BCUT2D eigenvalue weighted by molar-refractivity contribution is 0.306. The molecule has 0 unspecified atom stereocenters. The van der Waals surface area contributed by atoms with Crippen molar-refractivity contribution in [2.24, 2.45) is 5.73 Å². The van der Waals surface area contributed by atoms with Crippen LogP contribution in [0, 0.1) is 11.3 Å². The Morgan fingerprint density at radius 2 is 2.07 bits per heavy atom. The van der Waals surface area contributed by atoms with Crippen molar-refractivity contribution in [2.45, 2.75) is 37.5 Å². The molecule has 80 valence electrons. The summed E-state index contributed by atoms with van der Waals surface area (Å²) in [6.45, 7) is 0.721. The van der Waals surface area contributed by atoms with Crippen LogP contribution in [0.15, 0.2) is 12.1 Å². The second-order valence-corrected chi connectivity index (χ2v) is 5.40. The Hall–Kier alpha value is -0.850. The number of thiophene rings is 1. The molecule has 1 heterocycles. The minimum atomic E-state index is 0.179. The SMILES string of the molecule is N#Cc1ccc(C2(CN)CCCCC2)s1. The van der Waals surface area contributed by atoms with Crippen LogP contribution in [-0.4, -0.2) is 6.54 Å². The van der Waals surface area contributed by atoms with Gasteiger partial charge in [0.1, 0.15) is 10.9 Å². The van der Waals surface area contributed by atoms with Crippen molar-refractivity contribution in [3.8, 4) is 6.07 Å². The molecule has 0 amide bonds. The van der Waals surface area contributed by atoms with Gasteiger partial charge >= 0.3 is 0 Å². The van der Waals surface area contributed by atoms with Crippen molar-refractivity contribution >= 4 is 11.3 Å². The summed E-state index contributed by atoms with van der Waals surface area (Å²) < 4.78 is 0. The lowest BCUT2D eigenvalue weighted by atomic mass is 9.73. The summed E-state index contributed by atoms with van der Waals surface area (Å²) in [5.41, 5.74) is 6.12. The number of rotatable bonds is 2. The minimum absolute atomic E-state index is 0.179. The molecule has 2 rings (SSSR count). The zero-order valence-electron chi connectivity index (χ0n) is 8.83. The molecule has 0 radical (unpaired) electrons. The van der Waals surface area contributed by atoms with Gasteiger partial charge < -0.3 is 5.73 Å². The summed E-state index contributed by atoms with van der Waals surface area (Å²) in [5, 5.41) is 8.84. The van der Waals surface area contributed by atoms with Crippen molar-refractivity contribution in [3.05, 3.63) is 21.9 Å². The molecule has 1 saturated carbocycles. The van der Waals surface area contributed by atoms with E-state index in [2.05, 4.69) is 12.1 Å². The van der Waals surface area contributed by atoms with E-state index < -0.39 is 0 Å². The maximum atomic E-state index is 8.84. The molecule has 2 nitrogen and oxygen atoms in total. The zero-order chi connectivity index (χ0) is 10.7. The van der Waals surface area contributed by atoms with Crippen LogP contribution in [0.25, 0.3) is 0 Å². The largest absolute Gasteiger partial charge is 0.330 e. The molecule has 0 spiro atoms. The standard InChI is InChI=1S/C12H16N2S/c13-8-10-4-5-11(15-10)12(9-14)6-2-1-3-7-12/h4-5H,1-3,6-7,9,14H2. The summed E-state index contributed by atoms with van der Waals surface area (Å²) in [4.78, 5) is 2.13. The van der Waals surface area contributed by atoms with Gasteiger partial charge in [0.25, 0.3) is 0 Å². The molecule has 1 fully saturated rings. The first kappa shape index (κ1) is 10.7. The molecule has 2 N–H and O–H groups in total. The van der Waals surface area contributed by atoms with Crippen LogP contribution in [-0.2, 0) is 5.41 Å². The van der Waals surface area contributed by atoms with Gasteiger partial charge in [-0.1, -0.05) is 19.3 Å². The van der Waals surface area contributed by atoms with Crippen LogP contribution in [0.2, 0.25) is 0 Å². The Labute approximate surface area is 94.7 Å². The normalized spacial score (nSPS) is 19.7. The third-order valence-electron chi connectivity index (χ3n) is 3.44. The number of hydrogen-bond donors (Lipinski definition) is 1. The van der Waals surface area contributed by atoms with Crippen LogP contribution in [0.1, 0.15) is 41.9 Å². The van der Waals surface area contributed by atoms with Crippen molar-refractivity contribution in [3.63, 3.8) is 0 Å². The number of hydrogen-bond acceptors (Lipinski definition) is 3. The van der Waals surface area contributed by atoms with E-state index in [0.29, 0.717) is 0 Å². The second-order valence-electron chi connectivity index (χ2n) is 4.32. The quantitative estimate of drug-likeness (QED) is 0.833. The van der Waals surface area contributed by atoms with Crippen LogP contribution in [0.4, 0.5) is 0 Å². The number of nitrogens with zero attached hydrogens (tertiary/aromatic N) is 1. The van der Waals surface area contributed by atoms with Gasteiger partial charge in [-0.25, -0.2) is 0 Å². The summed E-state index contributed by atoms with van der Waals surface area (Å²) >= 11 is 1.62. The first-order chi connectivity index (χ1) is 7.30. The molecular formula is C12H16N2S. The Morgan fingerprint density at radius 1 is 1.33 bits per heavy atom. The van der Waals surface area contributed by atoms with E-state index in [1.54, 1.807) is 11.3 Å². The number of nitrogens with two attached hydrogens (primary N) is 1. The predicted molar refractivity (Wildman–Crippen MR) is 62.9 cm³/mol. The summed E-state index contributed by atoms with van der Waals surface area (Å²) in [6.07, 6.45) is 6.26. The first-order valence-electron chi connectivity index (χ1n) is 5.51. The van der Waals surface area contributed by atoms with Gasteiger partial charge in [-0.3, -0.25) is 0 Å². The molecule has 0 atom stereocenters. The van der Waals surface area contributed by atoms with Crippen LogP contribution in [0.5, 0.6) is 0 Å². The Kier molecular flexibility index (Phi) is 3.08. The molecule has 0 aromatic carbocycles. The molecule has 0 saturated heterocycles. The Balaban J connectivity index is 2.28. The molecule has 15 heavy (non-hydrogen) atoms. The first-order valence-corrected chi connectivity index (χ1v) is 6.33. The van der Waals surface area contributed by atoms with Gasteiger partial charge in [-0.15, -0.1) is 11.3 Å². The summed E-state index contributed by atoms with van der Waals surface area (Å²) in [5.74, 6) is 0. The van der Waals surface area contributed by atoms with Crippen LogP contribution in [0.3, 0.4) is 0 Å². The lowest BCUT2D eigenvalue weighted by Crippen LogP contribution is -2.36. The number of nitriles is 1. The maximum absolute atomic E-state index is 8.84. The maximum Gasteiger partial charge on any atom is 0.110 e. The smallest absolute Gasteiger partial charge is 0.110 e.